The molecule has 4 aromatic rings. The number of anilines is 2. The zero-order chi connectivity index (χ0) is 19.7. The van der Waals surface area contributed by atoms with Crippen molar-refractivity contribution in [2.24, 2.45) is 0 Å². The molecule has 0 bridgehead atoms. The molecule has 0 atom stereocenters. The number of nitrogens with one attached hydrogen (secondary N) is 5. The van der Waals surface area contributed by atoms with E-state index in [0.29, 0.717) is 27.7 Å². The topological polar surface area (TPSA) is 144 Å². The number of carbonyl (C=O) groups excluding carboxylic acids is 1. The molecular weight excluding hydrogens is 380 g/mol. The lowest BCUT2D eigenvalue weighted by molar-refractivity contribution is 0.0957. The fourth-order valence-electron chi connectivity index (χ4n) is 2.58. The Morgan fingerprint density at radius 2 is 1.96 bits per heavy atom. The van der Waals surface area contributed by atoms with Crippen LogP contribution in [0.3, 0.4) is 0 Å². The first-order valence-corrected chi connectivity index (χ1v) is 9.12. The van der Waals surface area contributed by atoms with Crippen molar-refractivity contribution < 1.29 is 4.79 Å². The first-order valence-electron chi connectivity index (χ1n) is 8.30. The second kappa shape index (κ2) is 7.19. The number of hydrogen-bond donors (Lipinski definition) is 5. The van der Waals surface area contributed by atoms with Crippen molar-refractivity contribution in [3.63, 3.8) is 0 Å². The Morgan fingerprint density at radius 1 is 1.11 bits per heavy atom. The Balaban J connectivity index is 1.68. The lowest BCUT2D eigenvalue weighted by Gasteiger charge is -2.08. The summed E-state index contributed by atoms with van der Waals surface area (Å²) in [6.07, 6.45) is 0. The fraction of sp³-hybridized carbons (Fsp3) is 0.118. The highest BCUT2D eigenvalue weighted by Gasteiger charge is 2.13. The Hall–Kier alpha value is -3.60. The molecule has 1 aromatic carbocycles. The van der Waals surface area contributed by atoms with Gasteiger partial charge < -0.3 is 10.6 Å². The zero-order valence-corrected chi connectivity index (χ0v) is 15.8. The summed E-state index contributed by atoms with van der Waals surface area (Å²) in [5.74, 6) is 0.705. The van der Waals surface area contributed by atoms with Crippen LogP contribution in [-0.4, -0.2) is 43.3 Å². The second-order valence-electron chi connectivity index (χ2n) is 5.95. The van der Waals surface area contributed by atoms with Crippen molar-refractivity contribution in [2.45, 2.75) is 17.0 Å². The van der Waals surface area contributed by atoms with E-state index in [-0.39, 0.29) is 17.2 Å². The molecule has 3 heterocycles. The van der Waals surface area contributed by atoms with Gasteiger partial charge in [-0.1, -0.05) is 0 Å². The summed E-state index contributed by atoms with van der Waals surface area (Å²) in [4.78, 5) is 33.3. The van der Waals surface area contributed by atoms with E-state index in [4.69, 9.17) is 0 Å². The largest absolute Gasteiger partial charge is 0.354 e. The average Bonchev–Trinajstić information content (AvgIpc) is 3.26. The molecule has 0 aliphatic heterocycles. The van der Waals surface area contributed by atoms with Gasteiger partial charge in [-0.15, -0.1) is 0 Å². The SMILES string of the molecule is CNC(=O)c1cc(Nc2cc(C)[nH]n2)nc(Sc2ccc3c(=O)[nH][nH]c3c2)n1. The van der Waals surface area contributed by atoms with Crippen molar-refractivity contribution >= 4 is 40.2 Å². The molecule has 5 N–H and O–H groups in total. The van der Waals surface area contributed by atoms with Gasteiger partial charge in [0.2, 0.25) is 0 Å². The monoisotopic (exact) mass is 396 g/mol. The maximum absolute atomic E-state index is 12.1. The van der Waals surface area contributed by atoms with Gasteiger partial charge in [0.25, 0.3) is 11.5 Å². The summed E-state index contributed by atoms with van der Waals surface area (Å²) >= 11 is 1.28. The Labute approximate surface area is 162 Å². The van der Waals surface area contributed by atoms with E-state index in [1.54, 1.807) is 18.2 Å². The van der Waals surface area contributed by atoms with Crippen molar-refractivity contribution in [2.75, 3.05) is 12.4 Å². The van der Waals surface area contributed by atoms with Crippen LogP contribution in [-0.2, 0) is 0 Å². The van der Waals surface area contributed by atoms with Crippen LogP contribution in [0, 0.1) is 6.92 Å². The molecule has 0 aliphatic rings. The summed E-state index contributed by atoms with van der Waals surface area (Å²) in [7, 11) is 1.54. The van der Waals surface area contributed by atoms with Gasteiger partial charge in [-0.25, -0.2) is 9.97 Å². The molecule has 10 nitrogen and oxygen atoms in total. The smallest absolute Gasteiger partial charge is 0.271 e. The molecule has 0 spiro atoms. The molecule has 0 unspecified atom stereocenters. The third-order valence-corrected chi connectivity index (χ3v) is 4.74. The predicted octanol–water partition coefficient (Wildman–Crippen LogP) is 1.93. The van der Waals surface area contributed by atoms with Crippen LogP contribution in [0.1, 0.15) is 16.2 Å². The van der Waals surface area contributed by atoms with Crippen LogP contribution in [0.25, 0.3) is 10.9 Å². The molecule has 0 aliphatic carbocycles. The van der Waals surface area contributed by atoms with Gasteiger partial charge in [-0.3, -0.25) is 24.9 Å². The number of aromatic amines is 3. The van der Waals surface area contributed by atoms with Crippen molar-refractivity contribution in [1.82, 2.24) is 35.7 Å². The highest BCUT2D eigenvalue weighted by atomic mass is 32.2. The van der Waals surface area contributed by atoms with E-state index in [1.807, 2.05) is 19.1 Å². The molecule has 0 saturated heterocycles. The zero-order valence-electron chi connectivity index (χ0n) is 15.0. The first kappa shape index (κ1) is 17.8. The number of fused-ring (bicyclic) bond motifs is 1. The summed E-state index contributed by atoms with van der Waals surface area (Å²) in [5, 5.41) is 18.9. The summed E-state index contributed by atoms with van der Waals surface area (Å²) in [6.45, 7) is 1.89. The fourth-order valence-corrected chi connectivity index (χ4v) is 3.39. The first-order chi connectivity index (χ1) is 13.5. The van der Waals surface area contributed by atoms with Crippen LogP contribution in [0.2, 0.25) is 0 Å². The minimum Gasteiger partial charge on any atom is -0.354 e. The third-order valence-electron chi connectivity index (χ3n) is 3.88. The van der Waals surface area contributed by atoms with E-state index in [0.717, 1.165) is 10.6 Å². The number of nitrogens with zero attached hydrogens (tertiary/aromatic N) is 3. The van der Waals surface area contributed by atoms with Gasteiger partial charge in [0.05, 0.1) is 10.9 Å². The van der Waals surface area contributed by atoms with Crippen LogP contribution in [0.5, 0.6) is 0 Å². The quantitative estimate of drug-likeness (QED) is 0.324. The Morgan fingerprint density at radius 3 is 2.71 bits per heavy atom. The number of aryl methyl sites for hydroxylation is 1. The molecule has 1 amide bonds. The van der Waals surface area contributed by atoms with Gasteiger partial charge in [0.15, 0.2) is 11.0 Å². The number of carbonyl (C=O) groups is 1. The molecule has 142 valence electrons. The number of rotatable bonds is 5. The van der Waals surface area contributed by atoms with Crippen LogP contribution in [0.15, 0.2) is 45.2 Å². The van der Waals surface area contributed by atoms with E-state index in [2.05, 4.69) is 41.0 Å². The molecule has 11 heteroatoms. The maximum Gasteiger partial charge on any atom is 0.271 e. The van der Waals surface area contributed by atoms with E-state index >= 15 is 0 Å². The van der Waals surface area contributed by atoms with E-state index in [1.165, 1.54) is 18.8 Å². The Bertz CT molecular complexity index is 1230. The minimum atomic E-state index is -0.323. The summed E-state index contributed by atoms with van der Waals surface area (Å²) < 4.78 is 0. The molecule has 0 saturated carbocycles. The van der Waals surface area contributed by atoms with Crippen LogP contribution >= 0.6 is 11.8 Å². The van der Waals surface area contributed by atoms with E-state index in [9.17, 15) is 9.59 Å². The number of benzene rings is 1. The molecule has 0 radical (unpaired) electrons. The molecule has 3 aromatic heterocycles. The Kier molecular flexibility index (Phi) is 4.57. The predicted molar refractivity (Wildman–Crippen MR) is 105 cm³/mol. The summed E-state index contributed by atoms with van der Waals surface area (Å²) in [6, 6.07) is 8.72. The standard InChI is InChI=1S/C17H16N8O2S/c1-8-5-14(24-22-8)20-13-7-12(16(27)18-2)19-17(21-13)28-9-3-4-10-11(6-9)23-25-15(10)26/h3-7H,1-2H3,(H,18,27)(H2,23,25,26)(H2,19,20,21,22,24). The van der Waals surface area contributed by atoms with Crippen molar-refractivity contribution in [1.29, 1.82) is 0 Å². The van der Waals surface area contributed by atoms with Gasteiger partial charge in [0, 0.05) is 29.8 Å². The van der Waals surface area contributed by atoms with Gasteiger partial charge in [0.1, 0.15) is 11.5 Å². The number of hydrogen-bond acceptors (Lipinski definition) is 7. The lowest BCUT2D eigenvalue weighted by Crippen LogP contribution is -2.20. The molecular formula is C17H16N8O2S. The third kappa shape index (κ3) is 3.60. The molecule has 28 heavy (non-hydrogen) atoms. The molecule has 0 fully saturated rings. The van der Waals surface area contributed by atoms with Crippen LogP contribution < -0.4 is 16.2 Å². The number of H-pyrrole nitrogens is 3. The number of amides is 1. The number of aromatic nitrogens is 6. The van der Waals surface area contributed by atoms with Crippen molar-refractivity contribution in [3.8, 4) is 0 Å². The normalized spacial score (nSPS) is 10.9. The highest BCUT2D eigenvalue weighted by molar-refractivity contribution is 7.99. The molecule has 4 rings (SSSR count). The average molecular weight is 396 g/mol. The minimum absolute atomic E-state index is 0.176. The highest BCUT2D eigenvalue weighted by Crippen LogP contribution is 2.28. The van der Waals surface area contributed by atoms with Gasteiger partial charge in [-0.05, 0) is 36.9 Å². The van der Waals surface area contributed by atoms with Crippen molar-refractivity contribution in [3.05, 3.63) is 52.1 Å². The van der Waals surface area contributed by atoms with Crippen LogP contribution in [0.4, 0.5) is 11.6 Å². The lowest BCUT2D eigenvalue weighted by atomic mass is 10.2. The van der Waals surface area contributed by atoms with Gasteiger partial charge >= 0.3 is 0 Å². The van der Waals surface area contributed by atoms with Gasteiger partial charge in [-0.2, -0.15) is 5.10 Å². The second-order valence-corrected chi connectivity index (χ2v) is 6.99. The maximum atomic E-state index is 12.1. The summed E-state index contributed by atoms with van der Waals surface area (Å²) in [5.41, 5.74) is 1.63. The van der Waals surface area contributed by atoms with E-state index < -0.39 is 0 Å².